The van der Waals surface area contributed by atoms with Gasteiger partial charge in [-0.05, 0) is 51.7 Å². The van der Waals surface area contributed by atoms with Crippen molar-refractivity contribution < 1.29 is 33.0 Å². The Hall–Kier alpha value is -3.41. The van der Waals surface area contributed by atoms with E-state index in [9.17, 15) is 23.9 Å². The molecule has 2 aromatic heterocycles. The zero-order valence-electron chi connectivity index (χ0n) is 22.9. The second-order valence-corrected chi connectivity index (χ2v) is 12.2. The van der Waals surface area contributed by atoms with E-state index in [2.05, 4.69) is 10.3 Å². The van der Waals surface area contributed by atoms with E-state index in [1.807, 2.05) is 20.8 Å². The number of esters is 1. The van der Waals surface area contributed by atoms with Crippen LogP contribution in [0.25, 0.3) is 22.3 Å². The molecule has 0 bridgehead atoms. The van der Waals surface area contributed by atoms with Gasteiger partial charge in [0.15, 0.2) is 11.4 Å². The lowest BCUT2D eigenvalue weighted by atomic mass is 9.86. The van der Waals surface area contributed by atoms with Crippen LogP contribution in [0.2, 0.25) is 5.02 Å². The fourth-order valence-corrected chi connectivity index (χ4v) is 5.98. The second kappa shape index (κ2) is 9.04. The van der Waals surface area contributed by atoms with Crippen molar-refractivity contribution in [3.63, 3.8) is 0 Å². The molecule has 2 aliphatic heterocycles. The van der Waals surface area contributed by atoms with Gasteiger partial charge in [-0.25, -0.2) is 18.6 Å². The Morgan fingerprint density at radius 1 is 1.24 bits per heavy atom. The lowest BCUT2D eigenvalue weighted by Crippen LogP contribution is -2.44. The Morgan fingerprint density at radius 3 is 2.59 bits per heavy atom. The summed E-state index contributed by atoms with van der Waals surface area (Å²) >= 11 is 5.95. The third-order valence-electron chi connectivity index (χ3n) is 7.97. The molecule has 12 heteroatoms. The Morgan fingerprint density at radius 2 is 1.95 bits per heavy atom. The molecule has 0 saturated heterocycles. The molecule has 41 heavy (non-hydrogen) atoms. The van der Waals surface area contributed by atoms with Gasteiger partial charge in [-0.1, -0.05) is 18.5 Å². The first kappa shape index (κ1) is 27.7. The molecule has 2 N–H and O–H groups in total. The molecule has 1 aliphatic carbocycles. The van der Waals surface area contributed by atoms with Crippen molar-refractivity contribution in [2.24, 2.45) is 0 Å². The van der Waals surface area contributed by atoms with Crippen molar-refractivity contribution in [3.8, 4) is 11.4 Å². The topological polar surface area (TPSA) is 120 Å². The van der Waals surface area contributed by atoms with E-state index in [1.54, 1.807) is 6.92 Å². The standard InChI is InChI=1S/C29H28ClF2N3O6/c1-5-29(39)16-8-19-23-14(11-35(19)24(36)15(16)12-40-26(29)38)13(20-18(34-23)9-17(31)21(30)22(20)32)10-33-25(37)28(6-7-28)41-27(2,3)4/h8-9,39H,5-7,10-12H2,1-4H3,(H,33,37)/t29-/m0/s1. The molecule has 0 unspecified atom stereocenters. The van der Waals surface area contributed by atoms with Gasteiger partial charge in [-0.15, -0.1) is 0 Å². The van der Waals surface area contributed by atoms with Gasteiger partial charge < -0.3 is 24.5 Å². The molecular formula is C29H28ClF2N3O6. The maximum absolute atomic E-state index is 15.5. The quantitative estimate of drug-likeness (QED) is 0.268. The molecule has 216 valence electrons. The van der Waals surface area contributed by atoms with Gasteiger partial charge >= 0.3 is 5.97 Å². The zero-order valence-corrected chi connectivity index (χ0v) is 23.7. The number of benzene rings is 1. The van der Waals surface area contributed by atoms with Gasteiger partial charge in [0, 0.05) is 29.1 Å². The number of amides is 1. The summed E-state index contributed by atoms with van der Waals surface area (Å²) in [5, 5.41) is 13.2. The molecule has 0 spiro atoms. The molecule has 9 nitrogen and oxygen atoms in total. The number of halogens is 3. The van der Waals surface area contributed by atoms with E-state index in [0.29, 0.717) is 18.4 Å². The Labute approximate surface area is 238 Å². The van der Waals surface area contributed by atoms with Gasteiger partial charge in [-0.2, -0.15) is 0 Å². The van der Waals surface area contributed by atoms with Crippen molar-refractivity contribution >= 4 is 34.4 Å². The van der Waals surface area contributed by atoms with E-state index in [1.165, 1.54) is 10.6 Å². The smallest absolute Gasteiger partial charge is 0.343 e. The average Bonchev–Trinajstić information content (AvgIpc) is 3.59. The van der Waals surface area contributed by atoms with Gasteiger partial charge in [-0.3, -0.25) is 9.59 Å². The highest BCUT2D eigenvalue weighted by Crippen LogP contribution is 2.44. The minimum absolute atomic E-state index is 0.0374. The number of carbonyl (C=O) groups excluding carboxylic acids is 2. The molecule has 1 saturated carbocycles. The molecule has 1 aromatic carbocycles. The lowest BCUT2D eigenvalue weighted by Gasteiger charge is -2.31. The number of nitrogens with zero attached hydrogens (tertiary/aromatic N) is 2. The van der Waals surface area contributed by atoms with Gasteiger partial charge in [0.25, 0.3) is 11.5 Å². The Kier molecular flexibility index (Phi) is 6.12. The maximum atomic E-state index is 15.5. The number of hydrogen-bond donors (Lipinski definition) is 2. The van der Waals surface area contributed by atoms with E-state index in [4.69, 9.17) is 21.1 Å². The monoisotopic (exact) mass is 587 g/mol. The van der Waals surface area contributed by atoms with Crippen LogP contribution in [0.15, 0.2) is 16.9 Å². The van der Waals surface area contributed by atoms with Gasteiger partial charge in [0.1, 0.15) is 23.0 Å². The number of hydrogen-bond acceptors (Lipinski definition) is 7. The van der Waals surface area contributed by atoms with Crippen LogP contribution in [0.5, 0.6) is 0 Å². The molecule has 3 aliphatic rings. The van der Waals surface area contributed by atoms with Crippen molar-refractivity contribution in [3.05, 3.63) is 61.4 Å². The Balaban J connectivity index is 1.51. The molecule has 3 aromatic rings. The van der Waals surface area contributed by atoms with Crippen LogP contribution in [-0.4, -0.2) is 37.7 Å². The average molecular weight is 588 g/mol. The van der Waals surface area contributed by atoms with Crippen LogP contribution < -0.4 is 10.9 Å². The molecule has 6 rings (SSSR count). The van der Waals surface area contributed by atoms with Crippen molar-refractivity contribution in [2.75, 3.05) is 0 Å². The number of fused-ring (bicyclic) bond motifs is 5. The predicted octanol–water partition coefficient (Wildman–Crippen LogP) is 3.98. The summed E-state index contributed by atoms with van der Waals surface area (Å²) in [6.07, 6.45) is 1.03. The summed E-state index contributed by atoms with van der Waals surface area (Å²) in [5.41, 5.74) is -2.71. The van der Waals surface area contributed by atoms with E-state index in [-0.39, 0.29) is 71.0 Å². The SMILES string of the molecule is CC[C@@]1(O)C(=O)OCc2c1cc1n(c2=O)Cc2c-1nc1cc(F)c(Cl)c(F)c1c2CNC(=O)C1(OC(C)(C)C)CC1. The number of aliphatic hydroxyl groups is 1. The number of cyclic esters (lactones) is 1. The highest BCUT2D eigenvalue weighted by molar-refractivity contribution is 6.31. The third-order valence-corrected chi connectivity index (χ3v) is 8.32. The van der Waals surface area contributed by atoms with Crippen LogP contribution in [0.1, 0.15) is 69.2 Å². The molecular weight excluding hydrogens is 560 g/mol. The van der Waals surface area contributed by atoms with Crippen LogP contribution >= 0.6 is 11.6 Å². The van der Waals surface area contributed by atoms with Gasteiger partial charge in [0.2, 0.25) is 0 Å². The summed E-state index contributed by atoms with van der Waals surface area (Å²) in [5.74, 6) is -3.28. The van der Waals surface area contributed by atoms with E-state index in [0.717, 1.165) is 6.07 Å². The van der Waals surface area contributed by atoms with Crippen molar-refractivity contribution in [2.45, 2.75) is 83.5 Å². The van der Waals surface area contributed by atoms with Crippen LogP contribution in [-0.2, 0) is 44.4 Å². The molecule has 0 radical (unpaired) electrons. The van der Waals surface area contributed by atoms with Crippen molar-refractivity contribution in [1.82, 2.24) is 14.9 Å². The minimum Gasteiger partial charge on any atom is -0.458 e. The number of pyridine rings is 2. The Bertz CT molecular complexity index is 1740. The zero-order chi connectivity index (χ0) is 29.6. The number of aromatic nitrogens is 2. The molecule has 1 fully saturated rings. The summed E-state index contributed by atoms with van der Waals surface area (Å²) in [6, 6.07) is 2.50. The van der Waals surface area contributed by atoms with Crippen LogP contribution in [0.4, 0.5) is 8.78 Å². The summed E-state index contributed by atoms with van der Waals surface area (Å²) in [7, 11) is 0. The second-order valence-electron chi connectivity index (χ2n) is 11.8. The largest absolute Gasteiger partial charge is 0.458 e. The fraction of sp³-hybridized carbons (Fsp3) is 0.448. The maximum Gasteiger partial charge on any atom is 0.343 e. The van der Waals surface area contributed by atoms with Crippen molar-refractivity contribution in [1.29, 1.82) is 0 Å². The summed E-state index contributed by atoms with van der Waals surface area (Å²) in [6.45, 7) is 6.62. The molecule has 4 heterocycles. The first-order valence-electron chi connectivity index (χ1n) is 13.4. The first-order valence-corrected chi connectivity index (χ1v) is 13.7. The fourth-order valence-electron chi connectivity index (χ4n) is 5.83. The highest BCUT2D eigenvalue weighted by atomic mass is 35.5. The van der Waals surface area contributed by atoms with Crippen LogP contribution in [0.3, 0.4) is 0 Å². The van der Waals surface area contributed by atoms with E-state index >= 15 is 4.39 Å². The first-order chi connectivity index (χ1) is 19.2. The number of rotatable bonds is 5. The predicted molar refractivity (Wildman–Crippen MR) is 144 cm³/mol. The highest BCUT2D eigenvalue weighted by Gasteiger charge is 2.53. The molecule has 1 amide bonds. The minimum atomic E-state index is -2.03. The third kappa shape index (κ3) is 4.16. The lowest BCUT2D eigenvalue weighted by molar-refractivity contribution is -0.172. The normalized spacial score (nSPS) is 20.3. The summed E-state index contributed by atoms with van der Waals surface area (Å²) in [4.78, 5) is 43.8. The summed E-state index contributed by atoms with van der Waals surface area (Å²) < 4.78 is 42.6. The van der Waals surface area contributed by atoms with Crippen LogP contribution in [0, 0.1) is 11.6 Å². The number of nitrogens with one attached hydrogen (secondary N) is 1. The number of ether oxygens (including phenoxy) is 2. The van der Waals surface area contributed by atoms with Gasteiger partial charge in [0.05, 0.1) is 34.6 Å². The van der Waals surface area contributed by atoms with E-state index < -0.39 is 45.0 Å². The number of carbonyl (C=O) groups is 2. The molecule has 1 atom stereocenters.